The molecule has 34 heavy (non-hydrogen) atoms. The summed E-state index contributed by atoms with van der Waals surface area (Å²) in [4.78, 5) is 21.4. The maximum atomic E-state index is 13.9. The van der Waals surface area contributed by atoms with Gasteiger partial charge < -0.3 is 9.80 Å². The van der Waals surface area contributed by atoms with Crippen molar-refractivity contribution in [3.8, 4) is 0 Å². The summed E-state index contributed by atoms with van der Waals surface area (Å²) in [5, 5.41) is 4.74. The number of likely N-dealkylation sites (tertiary alicyclic amines) is 2. The smallest absolute Gasteiger partial charge is 0.320 e. The molecular formula is C26H31F2N5O. The zero-order valence-corrected chi connectivity index (χ0v) is 19.4. The van der Waals surface area contributed by atoms with E-state index in [2.05, 4.69) is 9.67 Å². The van der Waals surface area contributed by atoms with Crippen LogP contribution in [0.3, 0.4) is 0 Å². The predicted molar refractivity (Wildman–Crippen MR) is 121 cm³/mol. The minimum Gasteiger partial charge on any atom is -0.323 e. The molecule has 2 aliphatic heterocycles. The Morgan fingerprint density at radius 1 is 1.00 bits per heavy atom. The van der Waals surface area contributed by atoms with E-state index in [1.54, 1.807) is 6.07 Å². The number of amides is 2. The van der Waals surface area contributed by atoms with Gasteiger partial charge in [-0.05, 0) is 62.5 Å². The van der Waals surface area contributed by atoms with Crippen LogP contribution in [0.25, 0.3) is 0 Å². The van der Waals surface area contributed by atoms with Crippen LogP contribution >= 0.6 is 0 Å². The van der Waals surface area contributed by atoms with Crippen LogP contribution < -0.4 is 0 Å². The highest BCUT2D eigenvalue weighted by molar-refractivity contribution is 5.77. The van der Waals surface area contributed by atoms with Gasteiger partial charge in [0, 0.05) is 49.0 Å². The predicted octanol–water partition coefficient (Wildman–Crippen LogP) is 4.54. The molecule has 8 heteroatoms. The molecule has 3 heterocycles. The lowest BCUT2D eigenvalue weighted by atomic mass is 9.56. The standard InChI is InChI=1S/C26H31F2N5O/c27-20-5-4-19(22(28)7-20)6-17-8-25(9-17)12-31(13-25)24(34)32-14-26(15-32)10-21(11-26)33-16-29-23(30-33)18-2-1-3-18/h4-5,7,16-18,21H,1-3,6,8-15H2. The highest BCUT2D eigenvalue weighted by atomic mass is 19.1. The monoisotopic (exact) mass is 467 g/mol. The molecule has 180 valence electrons. The highest BCUT2D eigenvalue weighted by Crippen LogP contribution is 2.56. The number of rotatable bonds is 4. The van der Waals surface area contributed by atoms with Crippen molar-refractivity contribution in [1.29, 1.82) is 0 Å². The van der Waals surface area contributed by atoms with Crippen LogP contribution in [0.4, 0.5) is 13.6 Å². The molecule has 0 radical (unpaired) electrons. The SMILES string of the molecule is O=C(N1CC2(CC(Cc3ccc(F)cc3F)C2)C1)N1CC2(CC(n3cnc(C4CCC4)n3)C2)C1. The van der Waals surface area contributed by atoms with Gasteiger partial charge in [-0.3, -0.25) is 0 Å². The molecule has 2 spiro atoms. The Labute approximate surface area is 198 Å². The Hall–Kier alpha value is -2.51. The Balaban J connectivity index is 0.851. The maximum absolute atomic E-state index is 13.9. The third kappa shape index (κ3) is 3.28. The van der Waals surface area contributed by atoms with E-state index in [1.807, 2.05) is 16.1 Å². The molecule has 5 aliphatic rings. The maximum Gasteiger partial charge on any atom is 0.320 e. The first-order chi connectivity index (χ1) is 16.4. The number of halogens is 2. The minimum atomic E-state index is -0.527. The van der Waals surface area contributed by atoms with Gasteiger partial charge in [0.2, 0.25) is 0 Å². The van der Waals surface area contributed by atoms with Crippen molar-refractivity contribution in [1.82, 2.24) is 24.6 Å². The normalized spacial score (nSPS) is 25.5. The summed E-state index contributed by atoms with van der Waals surface area (Å²) >= 11 is 0. The Morgan fingerprint density at radius 2 is 1.68 bits per heavy atom. The number of benzene rings is 1. The summed E-state index contributed by atoms with van der Waals surface area (Å²) in [5.74, 6) is 1.05. The summed E-state index contributed by atoms with van der Waals surface area (Å²) in [6, 6.07) is 4.48. The summed E-state index contributed by atoms with van der Waals surface area (Å²) < 4.78 is 29.1. The van der Waals surface area contributed by atoms with Crippen molar-refractivity contribution in [2.45, 2.75) is 63.3 Å². The molecule has 6 nitrogen and oxygen atoms in total. The average Bonchev–Trinajstić information content (AvgIpc) is 3.09. The van der Waals surface area contributed by atoms with Crippen molar-refractivity contribution < 1.29 is 13.6 Å². The number of hydrogen-bond acceptors (Lipinski definition) is 3. The topological polar surface area (TPSA) is 54.3 Å². The van der Waals surface area contributed by atoms with Gasteiger partial charge in [-0.1, -0.05) is 12.5 Å². The molecule has 2 saturated heterocycles. The van der Waals surface area contributed by atoms with Crippen LogP contribution in [0.2, 0.25) is 0 Å². The Kier molecular flexibility index (Phi) is 4.44. The third-order valence-corrected chi connectivity index (χ3v) is 9.32. The summed E-state index contributed by atoms with van der Waals surface area (Å²) in [7, 11) is 0. The van der Waals surface area contributed by atoms with Crippen LogP contribution in [-0.2, 0) is 6.42 Å². The molecule has 1 aromatic heterocycles. The van der Waals surface area contributed by atoms with Crippen molar-refractivity contribution in [2.75, 3.05) is 26.2 Å². The zero-order valence-electron chi connectivity index (χ0n) is 19.4. The molecule has 0 N–H and O–H groups in total. The molecule has 3 aliphatic carbocycles. The largest absolute Gasteiger partial charge is 0.323 e. The van der Waals surface area contributed by atoms with E-state index in [1.165, 1.54) is 25.3 Å². The second-order valence-corrected chi connectivity index (χ2v) is 12.0. The van der Waals surface area contributed by atoms with E-state index in [9.17, 15) is 13.6 Å². The molecule has 0 unspecified atom stereocenters. The number of carbonyl (C=O) groups is 1. The van der Waals surface area contributed by atoms with Crippen LogP contribution in [0, 0.1) is 28.4 Å². The second-order valence-electron chi connectivity index (χ2n) is 12.0. The number of aromatic nitrogens is 3. The van der Waals surface area contributed by atoms with E-state index < -0.39 is 11.6 Å². The highest BCUT2D eigenvalue weighted by Gasteiger charge is 2.58. The van der Waals surface area contributed by atoms with Gasteiger partial charge in [-0.2, -0.15) is 5.10 Å². The zero-order chi connectivity index (χ0) is 23.1. The third-order valence-electron chi connectivity index (χ3n) is 9.32. The van der Waals surface area contributed by atoms with Gasteiger partial charge in [-0.25, -0.2) is 23.2 Å². The molecular weight excluding hydrogens is 436 g/mol. The molecule has 2 amide bonds. The van der Waals surface area contributed by atoms with E-state index in [0.29, 0.717) is 29.9 Å². The Bertz CT molecular complexity index is 1120. The van der Waals surface area contributed by atoms with Crippen LogP contribution in [-0.4, -0.2) is 56.8 Å². The Morgan fingerprint density at radius 3 is 2.29 bits per heavy atom. The van der Waals surface area contributed by atoms with Crippen molar-refractivity contribution in [2.24, 2.45) is 16.7 Å². The van der Waals surface area contributed by atoms with E-state index in [-0.39, 0.29) is 16.9 Å². The lowest BCUT2D eigenvalue weighted by molar-refractivity contribution is -0.107. The fraction of sp³-hybridized carbons (Fsp3) is 0.654. The van der Waals surface area contributed by atoms with E-state index in [4.69, 9.17) is 5.10 Å². The number of urea groups is 1. The first-order valence-electron chi connectivity index (χ1n) is 12.8. The first kappa shape index (κ1) is 20.8. The van der Waals surface area contributed by atoms with Gasteiger partial charge in [0.05, 0.1) is 6.04 Å². The lowest BCUT2D eigenvalue weighted by Crippen LogP contribution is -2.71. The molecule has 1 aromatic carbocycles. The lowest BCUT2D eigenvalue weighted by Gasteiger charge is -2.63. The number of hydrogen-bond donors (Lipinski definition) is 0. The van der Waals surface area contributed by atoms with Gasteiger partial charge in [-0.15, -0.1) is 0 Å². The van der Waals surface area contributed by atoms with Crippen molar-refractivity contribution >= 4 is 6.03 Å². The van der Waals surface area contributed by atoms with Gasteiger partial charge in [0.15, 0.2) is 5.82 Å². The van der Waals surface area contributed by atoms with Gasteiger partial charge >= 0.3 is 6.03 Å². The first-order valence-corrected chi connectivity index (χ1v) is 12.8. The number of nitrogens with zero attached hydrogens (tertiary/aromatic N) is 5. The quantitative estimate of drug-likeness (QED) is 0.664. The van der Waals surface area contributed by atoms with Crippen molar-refractivity contribution in [3.05, 3.63) is 47.5 Å². The van der Waals surface area contributed by atoms with Crippen LogP contribution in [0.1, 0.15) is 68.3 Å². The van der Waals surface area contributed by atoms with Gasteiger partial charge in [0.1, 0.15) is 18.0 Å². The van der Waals surface area contributed by atoms with Crippen LogP contribution in [0.5, 0.6) is 0 Å². The summed E-state index contributed by atoms with van der Waals surface area (Å²) in [5.41, 5.74) is 1.11. The molecule has 7 rings (SSSR count). The number of carbonyl (C=O) groups excluding carboxylic acids is 1. The molecule has 0 atom stereocenters. The van der Waals surface area contributed by atoms with Gasteiger partial charge in [0.25, 0.3) is 0 Å². The molecule has 3 saturated carbocycles. The average molecular weight is 468 g/mol. The second kappa shape index (κ2) is 7.25. The fourth-order valence-corrected chi connectivity index (χ4v) is 7.27. The minimum absolute atomic E-state index is 0.181. The summed E-state index contributed by atoms with van der Waals surface area (Å²) in [6.07, 6.45) is 10.5. The van der Waals surface area contributed by atoms with E-state index in [0.717, 1.165) is 63.8 Å². The molecule has 0 bridgehead atoms. The van der Waals surface area contributed by atoms with Crippen LogP contribution in [0.15, 0.2) is 24.5 Å². The summed E-state index contributed by atoms with van der Waals surface area (Å²) in [6.45, 7) is 3.37. The molecule has 5 fully saturated rings. The van der Waals surface area contributed by atoms with E-state index >= 15 is 0 Å². The van der Waals surface area contributed by atoms with Crippen molar-refractivity contribution in [3.63, 3.8) is 0 Å². The fourth-order valence-electron chi connectivity index (χ4n) is 7.27. The molecule has 2 aromatic rings.